The number of hydrogen-bond acceptors (Lipinski definition) is 5. The van der Waals surface area contributed by atoms with Crippen molar-refractivity contribution < 1.29 is 0 Å². The molecule has 2 N–H and O–H groups in total. The highest BCUT2D eigenvalue weighted by molar-refractivity contribution is 5.84. The van der Waals surface area contributed by atoms with Gasteiger partial charge in [0, 0.05) is 19.1 Å². The molecule has 0 saturated carbocycles. The molecule has 6 nitrogen and oxygen atoms in total. The zero-order chi connectivity index (χ0) is 13.4. The maximum atomic E-state index is 5.85. The minimum absolute atomic E-state index is 0.418. The summed E-state index contributed by atoms with van der Waals surface area (Å²) in [6.45, 7) is 6.73. The van der Waals surface area contributed by atoms with Crippen LogP contribution in [0, 0.1) is 0 Å². The van der Waals surface area contributed by atoms with Crippen molar-refractivity contribution in [3.05, 3.63) is 12.5 Å². The highest BCUT2D eigenvalue weighted by Crippen LogP contribution is 2.27. The summed E-state index contributed by atoms with van der Waals surface area (Å²) in [7, 11) is 0. The molecule has 6 heteroatoms. The second kappa shape index (κ2) is 4.77. The molecule has 0 spiro atoms. The van der Waals surface area contributed by atoms with E-state index in [0.717, 1.165) is 37.0 Å². The first-order valence-electron chi connectivity index (χ1n) is 6.84. The maximum absolute atomic E-state index is 5.85. The first kappa shape index (κ1) is 12.3. The molecule has 0 aliphatic carbocycles. The van der Waals surface area contributed by atoms with Gasteiger partial charge in [0.1, 0.15) is 12.1 Å². The van der Waals surface area contributed by atoms with Crippen LogP contribution in [0.25, 0.3) is 11.0 Å². The first-order valence-corrected chi connectivity index (χ1v) is 6.84. The van der Waals surface area contributed by atoms with Crippen molar-refractivity contribution in [3.8, 4) is 0 Å². The average Bonchev–Trinajstić information content (AvgIpc) is 2.84. The number of hydrogen-bond donors (Lipinski definition) is 1. The van der Waals surface area contributed by atoms with Gasteiger partial charge in [-0.1, -0.05) is 0 Å². The lowest BCUT2D eigenvalue weighted by atomic mass is 10.0. The van der Waals surface area contributed by atoms with Crippen molar-refractivity contribution in [1.29, 1.82) is 0 Å². The topological polar surface area (TPSA) is 72.9 Å². The second-order valence-electron chi connectivity index (χ2n) is 5.45. The Labute approximate surface area is 112 Å². The van der Waals surface area contributed by atoms with Crippen LogP contribution in [0.5, 0.6) is 0 Å². The molecule has 0 aromatic carbocycles. The lowest BCUT2D eigenvalue weighted by molar-refractivity contribution is 0.148. The van der Waals surface area contributed by atoms with Crippen molar-refractivity contribution in [2.24, 2.45) is 0 Å². The summed E-state index contributed by atoms with van der Waals surface area (Å²) in [6, 6.07) is 1.04. The molecule has 102 valence electrons. The van der Waals surface area contributed by atoms with E-state index < -0.39 is 0 Å². The summed E-state index contributed by atoms with van der Waals surface area (Å²) < 4.78 is 2.02. The van der Waals surface area contributed by atoms with Gasteiger partial charge in [-0.2, -0.15) is 5.10 Å². The number of likely N-dealkylation sites (tertiary alicyclic amines) is 1. The molecule has 2 aromatic heterocycles. The van der Waals surface area contributed by atoms with Crippen molar-refractivity contribution in [1.82, 2.24) is 24.6 Å². The molecular formula is C13H20N6. The van der Waals surface area contributed by atoms with E-state index in [-0.39, 0.29) is 0 Å². The summed E-state index contributed by atoms with van der Waals surface area (Å²) in [5, 5.41) is 5.32. The highest BCUT2D eigenvalue weighted by Gasteiger charge is 2.24. The number of rotatable bonds is 2. The largest absolute Gasteiger partial charge is 0.383 e. The van der Waals surface area contributed by atoms with Gasteiger partial charge in [-0.25, -0.2) is 14.6 Å². The van der Waals surface area contributed by atoms with Crippen LogP contribution in [0.15, 0.2) is 12.5 Å². The summed E-state index contributed by atoms with van der Waals surface area (Å²) in [6.07, 6.45) is 5.51. The fourth-order valence-electron chi connectivity index (χ4n) is 2.79. The van der Waals surface area contributed by atoms with E-state index >= 15 is 0 Å². The van der Waals surface area contributed by atoms with Crippen LogP contribution in [0.3, 0.4) is 0 Å². The molecule has 0 radical (unpaired) electrons. The zero-order valence-electron chi connectivity index (χ0n) is 11.5. The minimum atomic E-state index is 0.418. The van der Waals surface area contributed by atoms with Crippen molar-refractivity contribution in [2.75, 3.05) is 18.8 Å². The molecule has 1 saturated heterocycles. The smallest absolute Gasteiger partial charge is 0.163 e. The third-order valence-corrected chi connectivity index (χ3v) is 4.00. The van der Waals surface area contributed by atoms with Gasteiger partial charge in [-0.15, -0.1) is 0 Å². The Hall–Kier alpha value is -1.69. The molecule has 0 unspecified atom stereocenters. The van der Waals surface area contributed by atoms with E-state index in [1.54, 1.807) is 6.20 Å². The average molecular weight is 260 g/mol. The fraction of sp³-hybridized carbons (Fsp3) is 0.615. The Bertz CT molecular complexity index is 568. The number of aromatic nitrogens is 4. The third-order valence-electron chi connectivity index (χ3n) is 4.00. The van der Waals surface area contributed by atoms with Crippen molar-refractivity contribution >= 4 is 16.9 Å². The van der Waals surface area contributed by atoms with Gasteiger partial charge in [-0.3, -0.25) is 0 Å². The number of nitrogens with zero attached hydrogens (tertiary/aromatic N) is 5. The molecular weight excluding hydrogens is 240 g/mol. The van der Waals surface area contributed by atoms with E-state index in [1.807, 2.05) is 4.68 Å². The van der Waals surface area contributed by atoms with Gasteiger partial charge in [0.15, 0.2) is 5.65 Å². The Morgan fingerprint density at radius 3 is 2.68 bits per heavy atom. The summed E-state index contributed by atoms with van der Waals surface area (Å²) in [5.74, 6) is 0.510. The first-order chi connectivity index (χ1) is 9.16. The normalized spacial score (nSPS) is 18.5. The number of fused-ring (bicyclic) bond motifs is 1. The molecule has 0 bridgehead atoms. The molecule has 19 heavy (non-hydrogen) atoms. The quantitative estimate of drug-likeness (QED) is 0.884. The second-order valence-corrected chi connectivity index (χ2v) is 5.45. The Morgan fingerprint density at radius 1 is 1.26 bits per heavy atom. The molecule has 0 atom stereocenters. The lowest BCUT2D eigenvalue weighted by Crippen LogP contribution is -2.39. The van der Waals surface area contributed by atoms with Crippen LogP contribution in [0.1, 0.15) is 32.7 Å². The monoisotopic (exact) mass is 260 g/mol. The van der Waals surface area contributed by atoms with Gasteiger partial charge in [0.2, 0.25) is 0 Å². The minimum Gasteiger partial charge on any atom is -0.383 e. The van der Waals surface area contributed by atoms with Crippen LogP contribution in [-0.2, 0) is 0 Å². The molecule has 1 fully saturated rings. The van der Waals surface area contributed by atoms with Crippen LogP contribution in [0.2, 0.25) is 0 Å². The zero-order valence-corrected chi connectivity index (χ0v) is 11.5. The highest BCUT2D eigenvalue weighted by atomic mass is 15.3. The summed E-state index contributed by atoms with van der Waals surface area (Å²) in [4.78, 5) is 10.8. The third kappa shape index (κ3) is 2.16. The van der Waals surface area contributed by atoms with E-state index in [2.05, 4.69) is 33.8 Å². The van der Waals surface area contributed by atoms with Crippen molar-refractivity contribution in [3.63, 3.8) is 0 Å². The van der Waals surface area contributed by atoms with Gasteiger partial charge in [-0.05, 0) is 26.7 Å². The van der Waals surface area contributed by atoms with Crippen molar-refractivity contribution in [2.45, 2.75) is 38.8 Å². The Balaban J connectivity index is 1.84. The van der Waals surface area contributed by atoms with Gasteiger partial charge in [0.25, 0.3) is 0 Å². The van der Waals surface area contributed by atoms with Crippen LogP contribution in [-0.4, -0.2) is 43.8 Å². The van der Waals surface area contributed by atoms with Gasteiger partial charge >= 0.3 is 0 Å². The lowest BCUT2D eigenvalue weighted by Gasteiger charge is -2.34. The molecule has 0 amide bonds. The van der Waals surface area contributed by atoms with Gasteiger partial charge in [0.05, 0.1) is 17.6 Å². The summed E-state index contributed by atoms with van der Waals surface area (Å²) >= 11 is 0. The van der Waals surface area contributed by atoms with E-state index in [0.29, 0.717) is 17.9 Å². The standard InChI is InChI=1S/C13H20N6/c1-9(2)18-5-3-10(4-6-18)19-13-11(7-17-19)12(14)15-8-16-13/h7-10H,3-6H2,1-2H3,(H2,14,15,16). The fourth-order valence-corrected chi connectivity index (χ4v) is 2.79. The van der Waals surface area contributed by atoms with E-state index in [4.69, 9.17) is 5.73 Å². The molecule has 3 rings (SSSR count). The van der Waals surface area contributed by atoms with Crippen LogP contribution < -0.4 is 5.73 Å². The predicted molar refractivity (Wildman–Crippen MR) is 74.7 cm³/mol. The maximum Gasteiger partial charge on any atom is 0.163 e. The number of nitrogens with two attached hydrogens (primary N) is 1. The van der Waals surface area contributed by atoms with Gasteiger partial charge < -0.3 is 10.6 Å². The number of nitrogen functional groups attached to an aromatic ring is 1. The number of anilines is 1. The van der Waals surface area contributed by atoms with E-state index in [9.17, 15) is 0 Å². The van der Waals surface area contributed by atoms with Crippen LogP contribution >= 0.6 is 0 Å². The molecule has 2 aromatic rings. The number of piperidine rings is 1. The molecule has 3 heterocycles. The predicted octanol–water partition coefficient (Wildman–Crippen LogP) is 1.45. The SMILES string of the molecule is CC(C)N1CCC(n2ncc3c(N)ncnc32)CC1. The molecule has 1 aliphatic heterocycles. The molecule has 1 aliphatic rings. The summed E-state index contributed by atoms with van der Waals surface area (Å²) in [5.41, 5.74) is 6.71. The Morgan fingerprint density at radius 2 is 2.00 bits per heavy atom. The van der Waals surface area contributed by atoms with Crippen LogP contribution in [0.4, 0.5) is 5.82 Å². The Kier molecular flexibility index (Phi) is 3.10. The van der Waals surface area contributed by atoms with E-state index in [1.165, 1.54) is 6.33 Å².